The number of nitrogens with one attached hydrogen (secondary N) is 2. The van der Waals surface area contributed by atoms with E-state index in [9.17, 15) is 8.42 Å². The van der Waals surface area contributed by atoms with Gasteiger partial charge in [-0.2, -0.15) is 0 Å². The second-order valence-corrected chi connectivity index (χ2v) is 6.98. The minimum Gasteiger partial charge on any atom is -0.291 e. The van der Waals surface area contributed by atoms with Crippen LogP contribution in [0.4, 0.5) is 5.82 Å². The summed E-state index contributed by atoms with van der Waals surface area (Å²) in [6.07, 6.45) is 1.39. The highest BCUT2D eigenvalue weighted by molar-refractivity contribution is 7.89. The van der Waals surface area contributed by atoms with Crippen molar-refractivity contribution < 1.29 is 8.42 Å². The fraction of sp³-hybridized carbons (Fsp3) is 0.0769. The standard InChI is InChI=1S/C13H12N4O2S2/c1-9-2-4-10(5-3-9)21(18,19)17-16-12-11-6-7-20-13(11)15-8-14-12/h2-8,17H,1H3,(H,14,15,16). The second kappa shape index (κ2) is 5.40. The molecular formula is C13H12N4O2S2. The first-order valence-electron chi connectivity index (χ1n) is 6.09. The van der Waals surface area contributed by atoms with E-state index in [2.05, 4.69) is 20.2 Å². The summed E-state index contributed by atoms with van der Waals surface area (Å²) in [5.74, 6) is 0.428. The van der Waals surface area contributed by atoms with E-state index < -0.39 is 10.0 Å². The lowest BCUT2D eigenvalue weighted by molar-refractivity contribution is 0.587. The molecule has 0 aliphatic rings. The number of fused-ring (bicyclic) bond motifs is 1. The summed E-state index contributed by atoms with van der Waals surface area (Å²) in [5.41, 5.74) is 3.64. The van der Waals surface area contributed by atoms with Crippen molar-refractivity contribution in [1.29, 1.82) is 0 Å². The maximum absolute atomic E-state index is 12.2. The maximum Gasteiger partial charge on any atom is 0.257 e. The first-order valence-corrected chi connectivity index (χ1v) is 8.45. The summed E-state index contributed by atoms with van der Waals surface area (Å²) in [7, 11) is -3.65. The van der Waals surface area contributed by atoms with Gasteiger partial charge in [0, 0.05) is 0 Å². The molecule has 2 heterocycles. The maximum atomic E-state index is 12.2. The molecule has 0 radical (unpaired) electrons. The molecule has 0 saturated carbocycles. The van der Waals surface area contributed by atoms with E-state index in [0.29, 0.717) is 5.82 Å². The van der Waals surface area contributed by atoms with Gasteiger partial charge in [-0.25, -0.2) is 18.4 Å². The summed E-state index contributed by atoms with van der Waals surface area (Å²) in [6, 6.07) is 8.44. The van der Waals surface area contributed by atoms with E-state index in [1.54, 1.807) is 24.3 Å². The number of aryl methyl sites for hydroxylation is 1. The smallest absolute Gasteiger partial charge is 0.257 e. The average Bonchev–Trinajstić information content (AvgIpc) is 2.94. The molecule has 108 valence electrons. The van der Waals surface area contributed by atoms with Crippen molar-refractivity contribution >= 4 is 37.4 Å². The molecule has 0 atom stereocenters. The Hall–Kier alpha value is -2.03. The Morgan fingerprint density at radius 1 is 1.10 bits per heavy atom. The normalized spacial score (nSPS) is 11.7. The van der Waals surface area contributed by atoms with Crippen LogP contribution in [0.2, 0.25) is 0 Å². The summed E-state index contributed by atoms with van der Waals surface area (Å²) in [6.45, 7) is 1.90. The summed E-state index contributed by atoms with van der Waals surface area (Å²) >= 11 is 1.46. The number of anilines is 1. The van der Waals surface area contributed by atoms with E-state index >= 15 is 0 Å². The third kappa shape index (κ3) is 2.87. The predicted octanol–water partition coefficient (Wildman–Crippen LogP) is 2.31. The molecule has 21 heavy (non-hydrogen) atoms. The van der Waals surface area contributed by atoms with Crippen LogP contribution in [0.15, 0.2) is 46.9 Å². The number of thiophene rings is 1. The Balaban J connectivity index is 1.83. The second-order valence-electron chi connectivity index (χ2n) is 4.41. The summed E-state index contributed by atoms with van der Waals surface area (Å²) in [5, 5.41) is 2.65. The Morgan fingerprint density at radius 3 is 2.62 bits per heavy atom. The zero-order chi connectivity index (χ0) is 14.9. The van der Waals surface area contributed by atoms with Crippen molar-refractivity contribution in [3.05, 3.63) is 47.6 Å². The quantitative estimate of drug-likeness (QED) is 0.721. The Kier molecular flexibility index (Phi) is 3.58. The van der Waals surface area contributed by atoms with E-state index in [1.165, 1.54) is 17.7 Å². The molecule has 6 nitrogen and oxygen atoms in total. The number of hydrogen-bond acceptors (Lipinski definition) is 6. The molecule has 0 amide bonds. The molecular weight excluding hydrogens is 308 g/mol. The lowest BCUT2D eigenvalue weighted by Crippen LogP contribution is -2.30. The van der Waals surface area contributed by atoms with E-state index in [-0.39, 0.29) is 4.90 Å². The van der Waals surface area contributed by atoms with Gasteiger partial charge in [-0.1, -0.05) is 17.7 Å². The number of hydrogen-bond donors (Lipinski definition) is 2. The van der Waals surface area contributed by atoms with E-state index in [0.717, 1.165) is 15.8 Å². The van der Waals surface area contributed by atoms with Crippen LogP contribution >= 0.6 is 11.3 Å². The number of benzene rings is 1. The fourth-order valence-electron chi connectivity index (χ4n) is 1.78. The van der Waals surface area contributed by atoms with Gasteiger partial charge >= 0.3 is 0 Å². The molecule has 3 aromatic rings. The van der Waals surface area contributed by atoms with Crippen molar-refractivity contribution in [2.45, 2.75) is 11.8 Å². The topological polar surface area (TPSA) is 84.0 Å². The molecule has 3 rings (SSSR count). The number of aromatic nitrogens is 2. The van der Waals surface area contributed by atoms with Gasteiger partial charge in [-0.3, -0.25) is 5.43 Å². The van der Waals surface area contributed by atoms with Crippen LogP contribution in [0, 0.1) is 6.92 Å². The minimum atomic E-state index is -3.65. The van der Waals surface area contributed by atoms with Gasteiger partial charge in [0.05, 0.1) is 10.3 Å². The van der Waals surface area contributed by atoms with Gasteiger partial charge in [0.15, 0.2) is 5.82 Å². The molecule has 0 fully saturated rings. The predicted molar refractivity (Wildman–Crippen MR) is 82.5 cm³/mol. The molecule has 8 heteroatoms. The van der Waals surface area contributed by atoms with Gasteiger partial charge in [-0.15, -0.1) is 16.2 Å². The minimum absolute atomic E-state index is 0.191. The molecule has 0 spiro atoms. The van der Waals surface area contributed by atoms with Crippen LogP contribution < -0.4 is 10.3 Å². The van der Waals surface area contributed by atoms with E-state index in [1.807, 2.05) is 18.4 Å². The first-order chi connectivity index (χ1) is 10.1. The SMILES string of the molecule is Cc1ccc(S(=O)(=O)NNc2ncnc3sccc23)cc1. The molecule has 0 unspecified atom stereocenters. The Bertz CT molecular complexity index is 873. The Morgan fingerprint density at radius 2 is 1.86 bits per heavy atom. The third-order valence-corrected chi connectivity index (χ3v) is 4.98. The van der Waals surface area contributed by atoms with Crippen molar-refractivity contribution in [3.63, 3.8) is 0 Å². The van der Waals surface area contributed by atoms with Crippen molar-refractivity contribution in [2.75, 3.05) is 5.43 Å². The zero-order valence-corrected chi connectivity index (χ0v) is 12.7. The molecule has 2 aromatic heterocycles. The highest BCUT2D eigenvalue weighted by Gasteiger charge is 2.14. The van der Waals surface area contributed by atoms with Crippen molar-refractivity contribution in [1.82, 2.24) is 14.8 Å². The summed E-state index contributed by atoms with van der Waals surface area (Å²) in [4.78, 5) is 11.5. The van der Waals surface area contributed by atoms with Gasteiger partial charge < -0.3 is 0 Å². The molecule has 1 aromatic carbocycles. The average molecular weight is 320 g/mol. The summed E-state index contributed by atoms with van der Waals surface area (Å²) < 4.78 is 24.4. The Labute approximate surface area is 125 Å². The van der Waals surface area contributed by atoms with Crippen LogP contribution in [0.1, 0.15) is 5.56 Å². The highest BCUT2D eigenvalue weighted by Crippen LogP contribution is 2.23. The molecule has 2 N–H and O–H groups in total. The molecule has 0 aliphatic carbocycles. The highest BCUT2D eigenvalue weighted by atomic mass is 32.2. The largest absolute Gasteiger partial charge is 0.291 e. The number of sulfonamides is 1. The van der Waals surface area contributed by atoms with Crippen LogP contribution in [-0.2, 0) is 10.0 Å². The number of nitrogens with zero attached hydrogens (tertiary/aromatic N) is 2. The lowest BCUT2D eigenvalue weighted by Gasteiger charge is -2.09. The fourth-order valence-corrected chi connectivity index (χ4v) is 3.36. The van der Waals surface area contributed by atoms with Crippen molar-refractivity contribution in [2.24, 2.45) is 0 Å². The third-order valence-electron chi connectivity index (χ3n) is 2.90. The van der Waals surface area contributed by atoms with Crippen LogP contribution in [0.5, 0.6) is 0 Å². The van der Waals surface area contributed by atoms with Gasteiger partial charge in [0.2, 0.25) is 0 Å². The monoisotopic (exact) mass is 320 g/mol. The zero-order valence-electron chi connectivity index (χ0n) is 11.1. The van der Waals surface area contributed by atoms with Gasteiger partial charge in [-0.05, 0) is 30.5 Å². The molecule has 0 bridgehead atoms. The first kappa shape index (κ1) is 13.9. The van der Waals surface area contributed by atoms with Crippen LogP contribution in [-0.4, -0.2) is 18.4 Å². The molecule has 0 saturated heterocycles. The van der Waals surface area contributed by atoms with Crippen molar-refractivity contribution in [3.8, 4) is 0 Å². The number of rotatable bonds is 4. The number of hydrazine groups is 1. The lowest BCUT2D eigenvalue weighted by atomic mass is 10.2. The van der Waals surface area contributed by atoms with Crippen LogP contribution in [0.3, 0.4) is 0 Å². The molecule has 0 aliphatic heterocycles. The van der Waals surface area contributed by atoms with Gasteiger partial charge in [0.1, 0.15) is 11.2 Å². The van der Waals surface area contributed by atoms with Crippen LogP contribution in [0.25, 0.3) is 10.2 Å². The van der Waals surface area contributed by atoms with Gasteiger partial charge in [0.25, 0.3) is 10.0 Å². The van der Waals surface area contributed by atoms with E-state index in [4.69, 9.17) is 0 Å².